The van der Waals surface area contributed by atoms with Gasteiger partial charge in [-0.25, -0.2) is 14.3 Å². The molecule has 0 bridgehead atoms. The molecule has 9 nitrogen and oxygen atoms in total. The first kappa shape index (κ1) is 15.0. The molecule has 0 radical (unpaired) electrons. The van der Waals surface area contributed by atoms with Crippen molar-refractivity contribution in [1.29, 1.82) is 0 Å². The number of carbonyl (C=O) groups is 1. The highest BCUT2D eigenvalue weighted by molar-refractivity contribution is 7.89. The molecule has 0 aromatic heterocycles. The molecule has 0 fully saturated rings. The SMILES string of the molecule is C[C@@H](NS(=O)(=O)c1ccc([N+](=O)[O-])cc1)C(=O)NN. The van der Waals surface area contributed by atoms with E-state index in [1.165, 1.54) is 6.92 Å². The minimum atomic E-state index is -3.95. The lowest BCUT2D eigenvalue weighted by Crippen LogP contribution is -2.47. The van der Waals surface area contributed by atoms with Crippen molar-refractivity contribution in [2.24, 2.45) is 5.84 Å². The number of carbonyl (C=O) groups excluding carboxylic acids is 1. The van der Waals surface area contributed by atoms with Crippen LogP contribution in [0, 0.1) is 10.1 Å². The minimum absolute atomic E-state index is 0.185. The Balaban J connectivity index is 2.94. The van der Waals surface area contributed by atoms with Crippen LogP contribution in [0.25, 0.3) is 0 Å². The maximum absolute atomic E-state index is 11.8. The third-order valence-electron chi connectivity index (χ3n) is 2.23. The Hall–Kier alpha value is -2.04. The van der Waals surface area contributed by atoms with Gasteiger partial charge in [0, 0.05) is 12.1 Å². The summed E-state index contributed by atoms with van der Waals surface area (Å²) in [7, 11) is -3.95. The molecular formula is C9H12N4O5S. The number of benzene rings is 1. The maximum atomic E-state index is 11.8. The molecule has 19 heavy (non-hydrogen) atoms. The summed E-state index contributed by atoms with van der Waals surface area (Å²) in [5.41, 5.74) is 1.58. The predicted octanol–water partition coefficient (Wildman–Crippen LogP) is -0.748. The standard InChI is InChI=1S/C9H12N4O5S/c1-6(9(14)11-10)12-19(17,18)8-4-2-7(3-5-8)13(15)16/h2-6,12H,10H2,1H3,(H,11,14)/t6-/m1/s1. The van der Waals surface area contributed by atoms with E-state index in [9.17, 15) is 23.3 Å². The summed E-state index contributed by atoms with van der Waals surface area (Å²) in [6.07, 6.45) is 0. The van der Waals surface area contributed by atoms with Crippen molar-refractivity contribution in [3.63, 3.8) is 0 Å². The van der Waals surface area contributed by atoms with Crippen molar-refractivity contribution in [2.45, 2.75) is 17.9 Å². The molecule has 0 aliphatic heterocycles. The molecular weight excluding hydrogens is 276 g/mol. The van der Waals surface area contributed by atoms with E-state index in [0.29, 0.717) is 0 Å². The largest absolute Gasteiger partial charge is 0.293 e. The lowest BCUT2D eigenvalue weighted by atomic mass is 10.3. The highest BCUT2D eigenvalue weighted by Gasteiger charge is 2.22. The third kappa shape index (κ3) is 3.71. The molecule has 1 atom stereocenters. The average Bonchev–Trinajstić information content (AvgIpc) is 2.37. The second-order valence-corrected chi connectivity index (χ2v) is 5.32. The maximum Gasteiger partial charge on any atom is 0.269 e. The predicted molar refractivity (Wildman–Crippen MR) is 65.2 cm³/mol. The van der Waals surface area contributed by atoms with E-state index >= 15 is 0 Å². The number of nitrogens with two attached hydrogens (primary N) is 1. The van der Waals surface area contributed by atoms with Crippen LogP contribution in [0.15, 0.2) is 29.2 Å². The topological polar surface area (TPSA) is 144 Å². The summed E-state index contributed by atoms with van der Waals surface area (Å²) in [5, 5.41) is 10.4. The van der Waals surface area contributed by atoms with Gasteiger partial charge in [0.15, 0.2) is 0 Å². The zero-order valence-corrected chi connectivity index (χ0v) is 10.7. The van der Waals surface area contributed by atoms with Crippen LogP contribution in [0.4, 0.5) is 5.69 Å². The normalized spacial score (nSPS) is 12.7. The number of rotatable bonds is 5. The van der Waals surface area contributed by atoms with Gasteiger partial charge >= 0.3 is 0 Å². The van der Waals surface area contributed by atoms with E-state index in [0.717, 1.165) is 24.3 Å². The Morgan fingerprint density at radius 1 is 1.37 bits per heavy atom. The van der Waals surface area contributed by atoms with E-state index < -0.39 is 26.9 Å². The molecule has 10 heteroatoms. The molecule has 0 heterocycles. The first-order chi connectivity index (χ1) is 8.77. The second kappa shape index (κ2) is 5.73. The smallest absolute Gasteiger partial charge is 0.269 e. The fourth-order valence-electron chi connectivity index (χ4n) is 1.23. The van der Waals surface area contributed by atoms with Crippen molar-refractivity contribution in [3.8, 4) is 0 Å². The molecule has 0 spiro atoms. The number of nitrogens with zero attached hydrogens (tertiary/aromatic N) is 1. The Labute approximate surface area is 109 Å². The van der Waals surface area contributed by atoms with Crippen LogP contribution in [0.5, 0.6) is 0 Å². The molecule has 1 rings (SSSR count). The number of hydrogen-bond donors (Lipinski definition) is 3. The lowest BCUT2D eigenvalue weighted by molar-refractivity contribution is -0.384. The van der Waals surface area contributed by atoms with Gasteiger partial charge in [-0.1, -0.05) is 0 Å². The number of amides is 1. The van der Waals surface area contributed by atoms with E-state index in [4.69, 9.17) is 5.84 Å². The first-order valence-electron chi connectivity index (χ1n) is 5.05. The Kier molecular flexibility index (Phi) is 4.53. The average molecular weight is 288 g/mol. The van der Waals surface area contributed by atoms with E-state index in [-0.39, 0.29) is 10.6 Å². The monoisotopic (exact) mass is 288 g/mol. The van der Waals surface area contributed by atoms with Gasteiger partial charge < -0.3 is 0 Å². The number of nitro benzene ring substituents is 1. The van der Waals surface area contributed by atoms with Gasteiger partial charge in [-0.15, -0.1) is 0 Å². The summed E-state index contributed by atoms with van der Waals surface area (Å²) >= 11 is 0. The van der Waals surface area contributed by atoms with Crippen molar-refractivity contribution >= 4 is 21.6 Å². The summed E-state index contributed by atoms with van der Waals surface area (Å²) in [6.45, 7) is 1.31. The summed E-state index contributed by atoms with van der Waals surface area (Å²) in [4.78, 5) is 20.7. The lowest BCUT2D eigenvalue weighted by Gasteiger charge is -2.12. The highest BCUT2D eigenvalue weighted by Crippen LogP contribution is 2.15. The van der Waals surface area contributed by atoms with Gasteiger partial charge in [0.1, 0.15) is 0 Å². The quantitative estimate of drug-likeness (QED) is 0.281. The van der Waals surface area contributed by atoms with E-state index in [1.807, 2.05) is 5.43 Å². The molecule has 1 aromatic rings. The zero-order chi connectivity index (χ0) is 14.6. The van der Waals surface area contributed by atoms with Crippen LogP contribution in [0.3, 0.4) is 0 Å². The van der Waals surface area contributed by atoms with Gasteiger partial charge in [-0.05, 0) is 19.1 Å². The Morgan fingerprint density at radius 2 is 1.89 bits per heavy atom. The Bertz CT molecular complexity index is 583. The van der Waals surface area contributed by atoms with E-state index in [2.05, 4.69) is 4.72 Å². The van der Waals surface area contributed by atoms with Crippen molar-refractivity contribution in [2.75, 3.05) is 0 Å². The highest BCUT2D eigenvalue weighted by atomic mass is 32.2. The number of sulfonamides is 1. The fourth-order valence-corrected chi connectivity index (χ4v) is 2.43. The van der Waals surface area contributed by atoms with Crippen LogP contribution in [0.2, 0.25) is 0 Å². The zero-order valence-electron chi connectivity index (χ0n) is 9.86. The number of non-ortho nitro benzene ring substituents is 1. The molecule has 1 aromatic carbocycles. The second-order valence-electron chi connectivity index (χ2n) is 3.60. The number of nitro groups is 1. The van der Waals surface area contributed by atoms with Gasteiger partial charge in [-0.3, -0.25) is 20.3 Å². The molecule has 0 aliphatic carbocycles. The molecule has 0 saturated heterocycles. The molecule has 0 saturated carbocycles. The molecule has 4 N–H and O–H groups in total. The van der Waals surface area contributed by atoms with Crippen molar-refractivity contribution in [1.82, 2.24) is 10.1 Å². The van der Waals surface area contributed by atoms with Crippen molar-refractivity contribution < 1.29 is 18.1 Å². The number of nitrogens with one attached hydrogen (secondary N) is 2. The minimum Gasteiger partial charge on any atom is -0.293 e. The third-order valence-corrected chi connectivity index (χ3v) is 3.78. The number of hydrogen-bond acceptors (Lipinski definition) is 6. The van der Waals surface area contributed by atoms with E-state index in [1.54, 1.807) is 0 Å². The van der Waals surface area contributed by atoms with Gasteiger partial charge in [0.25, 0.3) is 11.6 Å². The molecule has 0 unspecified atom stereocenters. The Morgan fingerprint density at radius 3 is 2.32 bits per heavy atom. The summed E-state index contributed by atoms with van der Waals surface area (Å²) < 4.78 is 25.8. The summed E-state index contributed by atoms with van der Waals surface area (Å²) in [5.74, 6) is 4.17. The van der Waals surface area contributed by atoms with Crippen LogP contribution in [0.1, 0.15) is 6.92 Å². The van der Waals surface area contributed by atoms with Gasteiger partial charge in [0.05, 0.1) is 15.9 Å². The van der Waals surface area contributed by atoms with Crippen molar-refractivity contribution in [3.05, 3.63) is 34.4 Å². The van der Waals surface area contributed by atoms with Crippen LogP contribution >= 0.6 is 0 Å². The first-order valence-corrected chi connectivity index (χ1v) is 6.53. The number of hydrazine groups is 1. The van der Waals surface area contributed by atoms with Crippen LogP contribution in [-0.2, 0) is 14.8 Å². The molecule has 104 valence electrons. The van der Waals surface area contributed by atoms with Crippen LogP contribution < -0.4 is 16.0 Å². The summed E-state index contributed by atoms with van der Waals surface area (Å²) in [6, 6.07) is 3.20. The van der Waals surface area contributed by atoms with Gasteiger partial charge in [0.2, 0.25) is 10.0 Å². The molecule has 1 amide bonds. The fraction of sp³-hybridized carbons (Fsp3) is 0.222. The van der Waals surface area contributed by atoms with Gasteiger partial charge in [-0.2, -0.15) is 4.72 Å². The molecule has 0 aliphatic rings. The van der Waals surface area contributed by atoms with Crippen LogP contribution in [-0.4, -0.2) is 25.3 Å².